The zero-order valence-electron chi connectivity index (χ0n) is 10.8. The van der Waals surface area contributed by atoms with Gasteiger partial charge < -0.3 is 10.6 Å². The van der Waals surface area contributed by atoms with Crippen molar-refractivity contribution in [2.75, 3.05) is 11.9 Å². The van der Waals surface area contributed by atoms with Crippen molar-refractivity contribution < 1.29 is 4.79 Å². The maximum atomic E-state index is 11.7. The van der Waals surface area contributed by atoms with Crippen molar-refractivity contribution in [2.24, 2.45) is 0 Å². The fraction of sp³-hybridized carbons (Fsp3) is 0.214. The molecule has 0 saturated heterocycles. The standard InChI is InChI=1S/C14H16N4O/c1-11-16-8-7-13(17-11)9-15-10-14(19)18-12-5-3-2-4-6-12/h2-8,15H,9-10H2,1H3,(H,18,19). The number of rotatable bonds is 5. The number of carbonyl (C=O) groups excluding carboxylic acids is 1. The second kappa shape index (κ2) is 6.61. The van der Waals surface area contributed by atoms with Gasteiger partial charge in [0.1, 0.15) is 5.82 Å². The van der Waals surface area contributed by atoms with Gasteiger partial charge in [-0.25, -0.2) is 9.97 Å². The third-order valence-electron chi connectivity index (χ3n) is 2.48. The lowest BCUT2D eigenvalue weighted by molar-refractivity contribution is -0.115. The van der Waals surface area contributed by atoms with Crippen LogP contribution in [0.1, 0.15) is 11.5 Å². The van der Waals surface area contributed by atoms with Crippen LogP contribution in [0.15, 0.2) is 42.6 Å². The summed E-state index contributed by atoms with van der Waals surface area (Å²) in [5.41, 5.74) is 1.67. The molecule has 0 bridgehead atoms. The lowest BCUT2D eigenvalue weighted by Gasteiger charge is -2.06. The number of para-hydroxylation sites is 1. The molecule has 0 aliphatic carbocycles. The van der Waals surface area contributed by atoms with Crippen molar-refractivity contribution in [2.45, 2.75) is 13.5 Å². The smallest absolute Gasteiger partial charge is 0.238 e. The second-order valence-corrected chi connectivity index (χ2v) is 4.11. The molecule has 0 spiro atoms. The van der Waals surface area contributed by atoms with E-state index in [1.54, 1.807) is 6.20 Å². The minimum absolute atomic E-state index is 0.0722. The van der Waals surface area contributed by atoms with Crippen molar-refractivity contribution >= 4 is 11.6 Å². The van der Waals surface area contributed by atoms with Gasteiger partial charge in [0.2, 0.25) is 5.91 Å². The normalized spacial score (nSPS) is 10.2. The number of carbonyl (C=O) groups is 1. The van der Waals surface area contributed by atoms with Crippen LogP contribution in [0.4, 0.5) is 5.69 Å². The van der Waals surface area contributed by atoms with Crippen LogP contribution in [0.2, 0.25) is 0 Å². The van der Waals surface area contributed by atoms with Gasteiger partial charge in [0.15, 0.2) is 0 Å². The number of amides is 1. The number of benzene rings is 1. The molecule has 1 aromatic heterocycles. The number of hydrogen-bond acceptors (Lipinski definition) is 4. The number of aromatic nitrogens is 2. The molecule has 98 valence electrons. The Morgan fingerprint density at radius 3 is 2.74 bits per heavy atom. The van der Waals surface area contributed by atoms with Crippen molar-refractivity contribution in [1.82, 2.24) is 15.3 Å². The summed E-state index contributed by atoms with van der Waals surface area (Å²) in [6.45, 7) is 2.63. The molecule has 2 rings (SSSR count). The van der Waals surface area contributed by atoms with E-state index in [9.17, 15) is 4.79 Å². The molecule has 0 saturated carbocycles. The first kappa shape index (κ1) is 13.2. The number of hydrogen-bond donors (Lipinski definition) is 2. The predicted molar refractivity (Wildman–Crippen MR) is 73.5 cm³/mol. The van der Waals surface area contributed by atoms with E-state index in [0.29, 0.717) is 6.54 Å². The molecule has 1 aromatic carbocycles. The van der Waals surface area contributed by atoms with Gasteiger partial charge in [-0.1, -0.05) is 18.2 Å². The van der Waals surface area contributed by atoms with Gasteiger partial charge in [-0.3, -0.25) is 4.79 Å². The molecule has 19 heavy (non-hydrogen) atoms. The van der Waals surface area contributed by atoms with Crippen LogP contribution in [-0.2, 0) is 11.3 Å². The maximum Gasteiger partial charge on any atom is 0.238 e. The highest BCUT2D eigenvalue weighted by atomic mass is 16.1. The van der Waals surface area contributed by atoms with Gasteiger partial charge in [-0.15, -0.1) is 0 Å². The molecule has 1 heterocycles. The fourth-order valence-electron chi connectivity index (χ4n) is 1.63. The van der Waals surface area contributed by atoms with E-state index in [1.165, 1.54) is 0 Å². The van der Waals surface area contributed by atoms with Crippen LogP contribution in [0.25, 0.3) is 0 Å². The lowest BCUT2D eigenvalue weighted by Crippen LogP contribution is -2.28. The minimum Gasteiger partial charge on any atom is -0.325 e. The maximum absolute atomic E-state index is 11.7. The van der Waals surface area contributed by atoms with Gasteiger partial charge in [0, 0.05) is 18.4 Å². The number of nitrogens with one attached hydrogen (secondary N) is 2. The van der Waals surface area contributed by atoms with E-state index in [1.807, 2.05) is 43.3 Å². The lowest BCUT2D eigenvalue weighted by atomic mass is 10.3. The molecule has 0 aliphatic rings. The van der Waals surface area contributed by atoms with E-state index in [-0.39, 0.29) is 12.5 Å². The highest BCUT2D eigenvalue weighted by Crippen LogP contribution is 2.04. The Hall–Kier alpha value is -2.27. The predicted octanol–water partition coefficient (Wildman–Crippen LogP) is 1.51. The van der Waals surface area contributed by atoms with Crippen LogP contribution >= 0.6 is 0 Å². The van der Waals surface area contributed by atoms with E-state index >= 15 is 0 Å². The Morgan fingerprint density at radius 1 is 1.21 bits per heavy atom. The summed E-state index contributed by atoms with van der Waals surface area (Å²) in [7, 11) is 0. The molecular weight excluding hydrogens is 240 g/mol. The van der Waals surface area contributed by atoms with Crippen molar-refractivity contribution in [3.05, 3.63) is 54.1 Å². The average molecular weight is 256 g/mol. The zero-order valence-corrected chi connectivity index (χ0v) is 10.8. The summed E-state index contributed by atoms with van der Waals surface area (Å²) < 4.78 is 0. The van der Waals surface area contributed by atoms with Gasteiger partial charge in [-0.2, -0.15) is 0 Å². The number of nitrogens with zero attached hydrogens (tertiary/aromatic N) is 2. The Morgan fingerprint density at radius 2 is 2.00 bits per heavy atom. The average Bonchev–Trinajstić information content (AvgIpc) is 2.40. The first-order valence-electron chi connectivity index (χ1n) is 6.08. The molecule has 0 fully saturated rings. The molecule has 0 radical (unpaired) electrons. The van der Waals surface area contributed by atoms with E-state index in [4.69, 9.17) is 0 Å². The molecule has 1 amide bonds. The highest BCUT2D eigenvalue weighted by molar-refractivity contribution is 5.92. The largest absolute Gasteiger partial charge is 0.325 e. The molecule has 0 unspecified atom stereocenters. The highest BCUT2D eigenvalue weighted by Gasteiger charge is 2.02. The van der Waals surface area contributed by atoms with E-state index in [2.05, 4.69) is 20.6 Å². The van der Waals surface area contributed by atoms with Crippen LogP contribution in [0.5, 0.6) is 0 Å². The molecule has 5 heteroatoms. The van der Waals surface area contributed by atoms with Gasteiger partial charge in [-0.05, 0) is 25.1 Å². The monoisotopic (exact) mass is 256 g/mol. The number of anilines is 1. The molecule has 0 atom stereocenters. The Labute approximate surface area is 112 Å². The third kappa shape index (κ3) is 4.48. The summed E-state index contributed by atoms with van der Waals surface area (Å²) >= 11 is 0. The van der Waals surface area contributed by atoms with Crippen LogP contribution in [0.3, 0.4) is 0 Å². The summed E-state index contributed by atoms with van der Waals surface area (Å²) in [5, 5.41) is 5.85. The second-order valence-electron chi connectivity index (χ2n) is 4.11. The van der Waals surface area contributed by atoms with Crippen molar-refractivity contribution in [3.8, 4) is 0 Å². The van der Waals surface area contributed by atoms with E-state index < -0.39 is 0 Å². The summed E-state index contributed by atoms with van der Waals surface area (Å²) in [5.74, 6) is 0.657. The Balaban J connectivity index is 1.75. The summed E-state index contributed by atoms with van der Waals surface area (Å²) in [4.78, 5) is 19.9. The molecule has 2 aromatic rings. The van der Waals surface area contributed by atoms with E-state index in [0.717, 1.165) is 17.2 Å². The third-order valence-corrected chi connectivity index (χ3v) is 2.48. The first-order valence-corrected chi connectivity index (χ1v) is 6.08. The fourth-order valence-corrected chi connectivity index (χ4v) is 1.63. The Kier molecular flexibility index (Phi) is 4.58. The minimum atomic E-state index is -0.0722. The Bertz CT molecular complexity index is 542. The number of aryl methyl sites for hydroxylation is 1. The molecule has 2 N–H and O–H groups in total. The zero-order chi connectivity index (χ0) is 13.5. The van der Waals surface area contributed by atoms with Crippen molar-refractivity contribution in [3.63, 3.8) is 0 Å². The molecule has 0 aliphatic heterocycles. The summed E-state index contributed by atoms with van der Waals surface area (Å²) in [6.07, 6.45) is 1.71. The van der Waals surface area contributed by atoms with Gasteiger partial charge in [0.05, 0.1) is 12.2 Å². The molecule has 5 nitrogen and oxygen atoms in total. The van der Waals surface area contributed by atoms with Gasteiger partial charge in [0.25, 0.3) is 0 Å². The first-order chi connectivity index (χ1) is 9.24. The van der Waals surface area contributed by atoms with Crippen LogP contribution < -0.4 is 10.6 Å². The van der Waals surface area contributed by atoms with Crippen molar-refractivity contribution in [1.29, 1.82) is 0 Å². The van der Waals surface area contributed by atoms with Crippen LogP contribution in [-0.4, -0.2) is 22.4 Å². The van der Waals surface area contributed by atoms with Gasteiger partial charge >= 0.3 is 0 Å². The quantitative estimate of drug-likeness (QED) is 0.851. The topological polar surface area (TPSA) is 66.9 Å². The molecular formula is C14H16N4O. The summed E-state index contributed by atoms with van der Waals surface area (Å²) in [6, 6.07) is 11.2. The SMILES string of the molecule is Cc1nccc(CNCC(=O)Nc2ccccc2)n1. The van der Waals surface area contributed by atoms with Crippen LogP contribution in [0, 0.1) is 6.92 Å².